The van der Waals surface area contributed by atoms with Gasteiger partial charge < -0.3 is 20.1 Å². The second-order valence-electron chi connectivity index (χ2n) is 4.42. The van der Waals surface area contributed by atoms with Crippen molar-refractivity contribution in [3.8, 4) is 11.8 Å². The van der Waals surface area contributed by atoms with Gasteiger partial charge in [-0.15, -0.1) is 0 Å². The minimum Gasteiger partial charge on any atom is -0.491 e. The Balaban J connectivity index is 2.07. The maximum atomic E-state index is 12.0. The van der Waals surface area contributed by atoms with Gasteiger partial charge in [0, 0.05) is 11.9 Å². The van der Waals surface area contributed by atoms with E-state index >= 15 is 0 Å². The molecule has 2 rings (SSSR count). The van der Waals surface area contributed by atoms with E-state index in [1.807, 2.05) is 13.0 Å². The largest absolute Gasteiger partial charge is 0.491 e. The van der Waals surface area contributed by atoms with Crippen molar-refractivity contribution in [3.63, 3.8) is 0 Å². The number of aromatic amines is 1. The van der Waals surface area contributed by atoms with E-state index in [2.05, 4.69) is 10.3 Å². The number of benzene rings is 1. The summed E-state index contributed by atoms with van der Waals surface area (Å²) >= 11 is 0. The highest BCUT2D eigenvalue weighted by molar-refractivity contribution is 6.04. The highest BCUT2D eigenvalue weighted by Gasteiger charge is 2.09. The molecule has 108 valence electrons. The summed E-state index contributed by atoms with van der Waals surface area (Å²) in [5, 5.41) is 20.2. The van der Waals surface area contributed by atoms with Gasteiger partial charge in [-0.05, 0) is 36.8 Å². The van der Waals surface area contributed by atoms with Crippen molar-refractivity contribution in [1.29, 1.82) is 5.26 Å². The third-order valence-electron chi connectivity index (χ3n) is 2.85. The van der Waals surface area contributed by atoms with Crippen molar-refractivity contribution in [2.45, 2.75) is 6.92 Å². The molecular formula is C15H15N3O3. The molecule has 1 heterocycles. The second-order valence-corrected chi connectivity index (χ2v) is 4.42. The number of nitrogens with zero attached hydrogens (tertiary/aromatic N) is 1. The number of ether oxygens (including phenoxy) is 1. The molecule has 0 spiro atoms. The third-order valence-corrected chi connectivity index (χ3v) is 2.85. The highest BCUT2D eigenvalue weighted by atomic mass is 16.5. The fourth-order valence-electron chi connectivity index (χ4n) is 1.84. The normalized spacial score (nSPS) is 9.95. The molecule has 3 N–H and O–H groups in total. The van der Waals surface area contributed by atoms with Crippen LogP contribution in [0.3, 0.4) is 0 Å². The Morgan fingerprint density at radius 3 is 2.90 bits per heavy atom. The number of amides is 1. The molecule has 21 heavy (non-hydrogen) atoms. The van der Waals surface area contributed by atoms with Gasteiger partial charge in [0.2, 0.25) is 0 Å². The van der Waals surface area contributed by atoms with E-state index in [-0.39, 0.29) is 19.1 Å². The summed E-state index contributed by atoms with van der Waals surface area (Å²) < 4.78 is 5.34. The minimum atomic E-state index is -0.295. The molecule has 0 bridgehead atoms. The number of nitriles is 1. The lowest BCUT2D eigenvalue weighted by molar-refractivity contribution is 0.102. The van der Waals surface area contributed by atoms with Crippen LogP contribution in [0.15, 0.2) is 30.5 Å². The minimum absolute atomic E-state index is 0.0490. The van der Waals surface area contributed by atoms with E-state index in [1.54, 1.807) is 18.2 Å². The van der Waals surface area contributed by atoms with Gasteiger partial charge in [-0.25, -0.2) is 0 Å². The lowest BCUT2D eigenvalue weighted by atomic mass is 10.2. The van der Waals surface area contributed by atoms with Gasteiger partial charge in [0.15, 0.2) is 0 Å². The summed E-state index contributed by atoms with van der Waals surface area (Å²) in [6.45, 7) is 2.03. The van der Waals surface area contributed by atoms with E-state index in [0.29, 0.717) is 22.7 Å². The molecule has 6 heteroatoms. The molecule has 0 saturated carbocycles. The van der Waals surface area contributed by atoms with Gasteiger partial charge in [0.1, 0.15) is 24.1 Å². The second kappa shape index (κ2) is 6.59. The van der Waals surface area contributed by atoms with Gasteiger partial charge >= 0.3 is 0 Å². The van der Waals surface area contributed by atoms with Gasteiger partial charge in [0.25, 0.3) is 5.91 Å². The van der Waals surface area contributed by atoms with Crippen LogP contribution < -0.4 is 10.1 Å². The topological polar surface area (TPSA) is 98.1 Å². The van der Waals surface area contributed by atoms with Crippen LogP contribution >= 0.6 is 0 Å². The summed E-state index contributed by atoms with van der Waals surface area (Å²) in [7, 11) is 0. The molecule has 0 fully saturated rings. The number of H-pyrrole nitrogens is 1. The fraction of sp³-hybridized carbons (Fsp3) is 0.200. The Kier molecular flexibility index (Phi) is 4.59. The quantitative estimate of drug-likeness (QED) is 0.780. The standard InChI is InChI=1S/C15H15N3O3/c1-10-6-12(2-3-14(10)21-5-4-19)18-15(20)11-7-13(8-16)17-9-11/h2-3,6-7,9,17,19H,4-5H2,1H3,(H,18,20). The summed E-state index contributed by atoms with van der Waals surface area (Å²) in [4.78, 5) is 14.7. The number of nitrogens with one attached hydrogen (secondary N) is 2. The summed E-state index contributed by atoms with van der Waals surface area (Å²) in [6, 6.07) is 8.65. The molecule has 0 aliphatic carbocycles. The van der Waals surface area contributed by atoms with Gasteiger partial charge in [-0.1, -0.05) is 0 Å². The molecule has 2 aromatic rings. The summed E-state index contributed by atoms with van der Waals surface area (Å²) in [6.07, 6.45) is 1.49. The summed E-state index contributed by atoms with van der Waals surface area (Å²) in [5.74, 6) is 0.367. The van der Waals surface area contributed by atoms with E-state index in [4.69, 9.17) is 15.1 Å². The highest BCUT2D eigenvalue weighted by Crippen LogP contribution is 2.22. The third kappa shape index (κ3) is 3.61. The van der Waals surface area contributed by atoms with Crippen molar-refractivity contribution in [1.82, 2.24) is 4.98 Å². The Hall–Kier alpha value is -2.78. The van der Waals surface area contributed by atoms with Crippen molar-refractivity contribution in [2.24, 2.45) is 0 Å². The van der Waals surface area contributed by atoms with E-state index < -0.39 is 0 Å². The lowest BCUT2D eigenvalue weighted by Gasteiger charge is -2.10. The first-order valence-electron chi connectivity index (χ1n) is 6.38. The number of carbonyl (C=O) groups excluding carboxylic acids is 1. The average molecular weight is 285 g/mol. The lowest BCUT2D eigenvalue weighted by Crippen LogP contribution is -2.11. The molecule has 0 unspecified atom stereocenters. The monoisotopic (exact) mass is 285 g/mol. The van der Waals surface area contributed by atoms with Crippen LogP contribution in [0, 0.1) is 18.3 Å². The number of aromatic nitrogens is 1. The fourth-order valence-corrected chi connectivity index (χ4v) is 1.84. The molecule has 1 aromatic carbocycles. The molecule has 6 nitrogen and oxygen atoms in total. The Bertz CT molecular complexity index is 686. The maximum absolute atomic E-state index is 12.0. The number of carbonyl (C=O) groups is 1. The maximum Gasteiger partial charge on any atom is 0.257 e. The Morgan fingerprint density at radius 1 is 1.48 bits per heavy atom. The zero-order valence-electron chi connectivity index (χ0n) is 11.5. The first kappa shape index (κ1) is 14.6. The molecule has 0 radical (unpaired) electrons. The molecule has 0 aliphatic heterocycles. The zero-order valence-corrected chi connectivity index (χ0v) is 11.5. The van der Waals surface area contributed by atoms with Crippen LogP contribution in [-0.4, -0.2) is 29.2 Å². The van der Waals surface area contributed by atoms with Crippen LogP contribution in [0.1, 0.15) is 21.6 Å². The molecule has 1 aromatic heterocycles. The van der Waals surface area contributed by atoms with Crippen molar-refractivity contribution >= 4 is 11.6 Å². The molecule has 0 aliphatic rings. The molecule has 0 atom stereocenters. The van der Waals surface area contributed by atoms with E-state index in [1.165, 1.54) is 12.3 Å². The number of anilines is 1. The Morgan fingerprint density at radius 2 is 2.29 bits per heavy atom. The zero-order chi connectivity index (χ0) is 15.2. The predicted molar refractivity (Wildman–Crippen MR) is 77.2 cm³/mol. The number of hydrogen-bond acceptors (Lipinski definition) is 4. The number of aliphatic hydroxyl groups excluding tert-OH is 1. The van der Waals surface area contributed by atoms with Crippen LogP contribution in [0.25, 0.3) is 0 Å². The SMILES string of the molecule is Cc1cc(NC(=O)c2c[nH]c(C#N)c2)ccc1OCCO. The molecule has 0 saturated heterocycles. The van der Waals surface area contributed by atoms with E-state index in [9.17, 15) is 4.79 Å². The van der Waals surface area contributed by atoms with Crippen molar-refractivity contribution < 1.29 is 14.6 Å². The Labute approximate surface area is 122 Å². The smallest absolute Gasteiger partial charge is 0.257 e. The van der Waals surface area contributed by atoms with Crippen LogP contribution in [-0.2, 0) is 0 Å². The first-order valence-corrected chi connectivity index (χ1v) is 6.38. The first-order chi connectivity index (χ1) is 10.1. The van der Waals surface area contributed by atoms with Gasteiger partial charge in [-0.3, -0.25) is 4.79 Å². The van der Waals surface area contributed by atoms with Crippen molar-refractivity contribution in [2.75, 3.05) is 18.5 Å². The molecular weight excluding hydrogens is 270 g/mol. The van der Waals surface area contributed by atoms with Crippen LogP contribution in [0.4, 0.5) is 5.69 Å². The number of aliphatic hydroxyl groups is 1. The number of rotatable bonds is 5. The summed E-state index contributed by atoms with van der Waals surface area (Å²) in [5.41, 5.74) is 2.22. The van der Waals surface area contributed by atoms with Crippen molar-refractivity contribution in [3.05, 3.63) is 47.3 Å². The van der Waals surface area contributed by atoms with E-state index in [0.717, 1.165) is 5.56 Å². The predicted octanol–water partition coefficient (Wildman–Crippen LogP) is 1.82. The van der Waals surface area contributed by atoms with Crippen LogP contribution in [0.5, 0.6) is 5.75 Å². The van der Waals surface area contributed by atoms with Gasteiger partial charge in [-0.2, -0.15) is 5.26 Å². The molecule has 1 amide bonds. The number of hydrogen-bond donors (Lipinski definition) is 3. The average Bonchev–Trinajstić information content (AvgIpc) is 2.95. The van der Waals surface area contributed by atoms with Gasteiger partial charge in [0.05, 0.1) is 12.2 Å². The number of aryl methyl sites for hydroxylation is 1. The van der Waals surface area contributed by atoms with Crippen LogP contribution in [0.2, 0.25) is 0 Å².